The van der Waals surface area contributed by atoms with Crippen molar-refractivity contribution in [1.82, 2.24) is 0 Å². The van der Waals surface area contributed by atoms with Gasteiger partial charge in [0.15, 0.2) is 0 Å². The molecule has 1 aromatic heterocycles. The highest BCUT2D eigenvalue weighted by atomic mass is 32.2. The maximum Gasteiger partial charge on any atom is 0.238 e. The number of rotatable bonds is 8. The first-order chi connectivity index (χ1) is 16.2. The van der Waals surface area contributed by atoms with Crippen molar-refractivity contribution >= 4 is 45.6 Å². The first-order valence-corrected chi connectivity index (χ1v) is 12.9. The van der Waals surface area contributed by atoms with Crippen LogP contribution in [0.2, 0.25) is 0 Å². The summed E-state index contributed by atoms with van der Waals surface area (Å²) in [5.74, 6) is -0.178. The van der Waals surface area contributed by atoms with E-state index in [0.29, 0.717) is 29.1 Å². The van der Waals surface area contributed by atoms with Crippen LogP contribution in [0.3, 0.4) is 0 Å². The summed E-state index contributed by atoms with van der Waals surface area (Å²) in [7, 11) is 0. The van der Waals surface area contributed by atoms with Gasteiger partial charge in [-0.2, -0.15) is 5.26 Å². The Morgan fingerprint density at radius 2 is 1.82 bits per heavy atom. The Labute approximate surface area is 209 Å². The molecule has 0 bridgehead atoms. The van der Waals surface area contributed by atoms with E-state index in [1.54, 1.807) is 0 Å². The zero-order chi connectivity index (χ0) is 24.7. The molecule has 1 heterocycles. The van der Waals surface area contributed by atoms with Crippen molar-refractivity contribution in [2.75, 3.05) is 10.6 Å². The van der Waals surface area contributed by atoms with Gasteiger partial charge >= 0.3 is 0 Å². The van der Waals surface area contributed by atoms with Crippen LogP contribution < -0.4 is 10.6 Å². The molecular weight excluding hydrogens is 462 g/mol. The van der Waals surface area contributed by atoms with Crippen LogP contribution in [0, 0.1) is 16.7 Å². The van der Waals surface area contributed by atoms with Crippen LogP contribution in [0.25, 0.3) is 11.1 Å². The number of amides is 2. The fourth-order valence-corrected chi connectivity index (χ4v) is 5.34. The lowest BCUT2D eigenvalue weighted by Gasteiger charge is -2.18. The number of nitrogens with zero attached hydrogens (tertiary/aromatic N) is 1. The molecule has 0 aliphatic carbocycles. The predicted molar refractivity (Wildman–Crippen MR) is 142 cm³/mol. The molecule has 176 valence electrons. The molecule has 7 heteroatoms. The lowest BCUT2D eigenvalue weighted by Crippen LogP contribution is -2.24. The van der Waals surface area contributed by atoms with Crippen LogP contribution in [0.4, 0.5) is 10.7 Å². The zero-order valence-electron chi connectivity index (χ0n) is 19.8. The van der Waals surface area contributed by atoms with E-state index >= 15 is 0 Å². The zero-order valence-corrected chi connectivity index (χ0v) is 21.5. The summed E-state index contributed by atoms with van der Waals surface area (Å²) in [6.45, 7) is 8.04. The van der Waals surface area contributed by atoms with Crippen molar-refractivity contribution in [2.24, 2.45) is 5.41 Å². The Bertz CT molecular complexity index is 1190. The summed E-state index contributed by atoms with van der Waals surface area (Å²) in [6.07, 6.45) is 1.05. The van der Waals surface area contributed by atoms with Crippen molar-refractivity contribution < 1.29 is 9.59 Å². The molecule has 0 aliphatic heterocycles. The monoisotopic (exact) mass is 491 g/mol. The van der Waals surface area contributed by atoms with Gasteiger partial charge in [0.05, 0.1) is 10.8 Å². The third-order valence-corrected chi connectivity index (χ3v) is 7.23. The molecule has 2 amide bonds. The van der Waals surface area contributed by atoms with Gasteiger partial charge in [-0.3, -0.25) is 9.59 Å². The number of thioether (sulfide) groups is 1. The largest absolute Gasteiger partial charge is 0.326 e. The van der Waals surface area contributed by atoms with Crippen LogP contribution in [-0.4, -0.2) is 17.1 Å². The summed E-state index contributed by atoms with van der Waals surface area (Å²) in [4.78, 5) is 26.3. The third kappa shape index (κ3) is 6.96. The fourth-order valence-electron chi connectivity index (χ4n) is 3.40. The van der Waals surface area contributed by atoms with Gasteiger partial charge in [0.1, 0.15) is 11.1 Å². The van der Waals surface area contributed by atoms with Gasteiger partial charge < -0.3 is 10.6 Å². The average molecular weight is 492 g/mol. The number of hydrogen-bond acceptors (Lipinski definition) is 5. The highest BCUT2D eigenvalue weighted by Gasteiger charge is 2.22. The predicted octanol–water partition coefficient (Wildman–Crippen LogP) is 7.17. The summed E-state index contributed by atoms with van der Waals surface area (Å²) in [6, 6.07) is 19.5. The molecule has 0 spiro atoms. The second kappa shape index (κ2) is 11.4. The van der Waals surface area contributed by atoms with Gasteiger partial charge in [-0.05, 0) is 35.6 Å². The van der Waals surface area contributed by atoms with Gasteiger partial charge in [0, 0.05) is 27.9 Å². The minimum atomic E-state index is -0.339. The summed E-state index contributed by atoms with van der Waals surface area (Å²) < 4.78 is 0. The minimum absolute atomic E-state index is 0.0321. The first kappa shape index (κ1) is 25.5. The molecule has 0 radical (unpaired) electrons. The smallest absolute Gasteiger partial charge is 0.238 e. The molecule has 0 aliphatic rings. The van der Waals surface area contributed by atoms with Crippen molar-refractivity contribution in [3.05, 3.63) is 65.5 Å². The lowest BCUT2D eigenvalue weighted by molar-refractivity contribution is -0.118. The molecule has 5 nitrogen and oxygen atoms in total. The fraction of sp³-hybridized carbons (Fsp3) is 0.296. The van der Waals surface area contributed by atoms with Crippen molar-refractivity contribution in [2.45, 2.75) is 50.7 Å². The standard InChI is InChI=1S/C27H29N3O2S2/c1-5-23(34-20-13-9-12-19(14-20)29-24(31)15-27(2,3)4)25(32)30-26-21(16-28)22(17-33-26)18-10-7-6-8-11-18/h6-14,17,23H,5,15H2,1-4H3,(H,29,31)(H,30,32). The Balaban J connectivity index is 1.70. The number of carbonyl (C=O) groups is 2. The molecule has 2 N–H and O–H groups in total. The molecule has 3 aromatic rings. The summed E-state index contributed by atoms with van der Waals surface area (Å²) >= 11 is 2.81. The SMILES string of the molecule is CCC(Sc1cccc(NC(=O)CC(C)(C)C)c1)C(=O)Nc1scc(-c2ccccc2)c1C#N. The number of thiophene rings is 1. The molecule has 0 saturated carbocycles. The van der Waals surface area contributed by atoms with Crippen LogP contribution in [0.15, 0.2) is 64.9 Å². The molecule has 2 aromatic carbocycles. The number of carbonyl (C=O) groups excluding carboxylic acids is 2. The quantitative estimate of drug-likeness (QED) is 0.327. The number of benzene rings is 2. The molecule has 1 atom stereocenters. The number of hydrogen-bond donors (Lipinski definition) is 2. The van der Waals surface area contributed by atoms with Crippen LogP contribution in [0.1, 0.15) is 46.1 Å². The second-order valence-electron chi connectivity index (χ2n) is 9.15. The molecular formula is C27H29N3O2S2. The van der Waals surface area contributed by atoms with E-state index in [1.807, 2.05) is 87.7 Å². The highest BCUT2D eigenvalue weighted by molar-refractivity contribution is 8.00. The Kier molecular flexibility index (Phi) is 8.54. The molecule has 0 saturated heterocycles. The molecule has 0 fully saturated rings. The first-order valence-electron chi connectivity index (χ1n) is 11.1. The van der Waals surface area contributed by atoms with Crippen molar-refractivity contribution in [1.29, 1.82) is 5.26 Å². The molecule has 1 unspecified atom stereocenters. The van der Waals surface area contributed by atoms with Gasteiger partial charge in [0.25, 0.3) is 0 Å². The Hall–Kier alpha value is -3.08. The van der Waals surface area contributed by atoms with Gasteiger partial charge in [-0.15, -0.1) is 23.1 Å². The van der Waals surface area contributed by atoms with Crippen LogP contribution in [0.5, 0.6) is 0 Å². The van der Waals surface area contributed by atoms with E-state index < -0.39 is 0 Å². The topological polar surface area (TPSA) is 82.0 Å². The van der Waals surface area contributed by atoms with E-state index in [0.717, 1.165) is 16.0 Å². The maximum atomic E-state index is 13.1. The minimum Gasteiger partial charge on any atom is -0.326 e. The third-order valence-electron chi connectivity index (χ3n) is 4.97. The van der Waals surface area contributed by atoms with Gasteiger partial charge in [-0.1, -0.05) is 64.1 Å². The van der Waals surface area contributed by atoms with Crippen LogP contribution >= 0.6 is 23.1 Å². The summed E-state index contributed by atoms with van der Waals surface area (Å²) in [5.41, 5.74) is 2.87. The second-order valence-corrected chi connectivity index (χ2v) is 11.3. The van der Waals surface area contributed by atoms with Gasteiger partial charge in [0.2, 0.25) is 11.8 Å². The van der Waals surface area contributed by atoms with E-state index in [4.69, 9.17) is 0 Å². The van der Waals surface area contributed by atoms with E-state index in [-0.39, 0.29) is 22.5 Å². The van der Waals surface area contributed by atoms with Gasteiger partial charge in [-0.25, -0.2) is 0 Å². The van der Waals surface area contributed by atoms with E-state index in [1.165, 1.54) is 23.1 Å². The van der Waals surface area contributed by atoms with E-state index in [9.17, 15) is 14.9 Å². The Morgan fingerprint density at radius 3 is 2.47 bits per heavy atom. The summed E-state index contributed by atoms with van der Waals surface area (Å²) in [5, 5.41) is 17.8. The average Bonchev–Trinajstić information content (AvgIpc) is 3.19. The maximum absolute atomic E-state index is 13.1. The van der Waals surface area contributed by atoms with Crippen molar-refractivity contribution in [3.63, 3.8) is 0 Å². The van der Waals surface area contributed by atoms with Crippen molar-refractivity contribution in [3.8, 4) is 17.2 Å². The van der Waals surface area contributed by atoms with E-state index in [2.05, 4.69) is 16.7 Å². The Morgan fingerprint density at radius 1 is 1.09 bits per heavy atom. The molecule has 34 heavy (non-hydrogen) atoms. The normalized spacial score (nSPS) is 12.0. The van der Waals surface area contributed by atoms with Crippen LogP contribution in [-0.2, 0) is 9.59 Å². The molecule has 3 rings (SSSR count). The number of anilines is 2. The number of nitrogens with one attached hydrogen (secondary N) is 2. The highest BCUT2D eigenvalue weighted by Crippen LogP contribution is 2.36. The number of nitriles is 1. The lowest BCUT2D eigenvalue weighted by atomic mass is 9.92.